The van der Waals surface area contributed by atoms with Crippen LogP contribution < -0.4 is 5.32 Å². The van der Waals surface area contributed by atoms with Gasteiger partial charge >= 0.3 is 0 Å². The second kappa shape index (κ2) is 7.22. The van der Waals surface area contributed by atoms with Gasteiger partial charge in [-0.2, -0.15) is 0 Å². The smallest absolute Gasteiger partial charge is 0.151 e. The van der Waals surface area contributed by atoms with Crippen LogP contribution >= 0.6 is 11.3 Å². The molecule has 6 heteroatoms. The maximum Gasteiger partial charge on any atom is 0.151 e. The summed E-state index contributed by atoms with van der Waals surface area (Å²) in [5.41, 5.74) is 0. The third-order valence-electron chi connectivity index (χ3n) is 3.81. The van der Waals surface area contributed by atoms with Gasteiger partial charge in [0.25, 0.3) is 0 Å². The van der Waals surface area contributed by atoms with Gasteiger partial charge in [-0.3, -0.25) is 4.90 Å². The Bertz CT molecular complexity index is 552. The zero-order valence-corrected chi connectivity index (χ0v) is 14.8. The van der Waals surface area contributed by atoms with E-state index in [0.717, 1.165) is 26.1 Å². The Morgan fingerprint density at radius 1 is 1.38 bits per heavy atom. The molecule has 120 valence electrons. The first-order valence-electron chi connectivity index (χ1n) is 7.54. The molecule has 1 aromatic heterocycles. The van der Waals surface area contributed by atoms with Crippen molar-refractivity contribution in [2.24, 2.45) is 5.92 Å². The van der Waals surface area contributed by atoms with E-state index in [1.54, 1.807) is 0 Å². The van der Waals surface area contributed by atoms with Gasteiger partial charge in [0, 0.05) is 28.9 Å². The van der Waals surface area contributed by atoms with Gasteiger partial charge in [-0.1, -0.05) is 13.8 Å². The van der Waals surface area contributed by atoms with E-state index in [-0.39, 0.29) is 6.04 Å². The molecule has 4 nitrogen and oxygen atoms in total. The normalized spacial score (nSPS) is 21.5. The van der Waals surface area contributed by atoms with Crippen LogP contribution in [0.5, 0.6) is 0 Å². The Balaban J connectivity index is 1.82. The maximum atomic E-state index is 11.5. The minimum absolute atomic E-state index is 0.180. The zero-order chi connectivity index (χ0) is 15.5. The lowest BCUT2D eigenvalue weighted by molar-refractivity contribution is 0.256. The molecule has 0 aromatic carbocycles. The molecule has 1 aliphatic rings. The number of thiophene rings is 1. The minimum atomic E-state index is -2.80. The summed E-state index contributed by atoms with van der Waals surface area (Å²) in [4.78, 5) is 4.84. The molecule has 1 atom stereocenters. The van der Waals surface area contributed by atoms with E-state index < -0.39 is 9.84 Å². The molecule has 1 N–H and O–H groups in total. The number of rotatable bonds is 7. The number of hydrogen-bond acceptors (Lipinski definition) is 5. The SMILES string of the molecule is CC(C)CNCc1ccc(CN(C)C2CCS(=O)(=O)C2)s1. The van der Waals surface area contributed by atoms with Crippen LogP contribution in [0.15, 0.2) is 12.1 Å². The van der Waals surface area contributed by atoms with Crippen molar-refractivity contribution in [2.75, 3.05) is 25.1 Å². The van der Waals surface area contributed by atoms with Crippen LogP contribution in [0.1, 0.15) is 30.0 Å². The highest BCUT2D eigenvalue weighted by Crippen LogP contribution is 2.22. The van der Waals surface area contributed by atoms with Gasteiger partial charge in [0.15, 0.2) is 9.84 Å². The van der Waals surface area contributed by atoms with Gasteiger partial charge in [0.05, 0.1) is 11.5 Å². The Kier molecular flexibility index (Phi) is 5.82. The molecule has 21 heavy (non-hydrogen) atoms. The van der Waals surface area contributed by atoms with Crippen LogP contribution in [0.2, 0.25) is 0 Å². The van der Waals surface area contributed by atoms with Crippen molar-refractivity contribution in [1.82, 2.24) is 10.2 Å². The first-order valence-corrected chi connectivity index (χ1v) is 10.2. The van der Waals surface area contributed by atoms with Crippen LogP contribution in [0.4, 0.5) is 0 Å². The summed E-state index contributed by atoms with van der Waals surface area (Å²) in [6.45, 7) is 7.21. The predicted octanol–water partition coefficient (Wildman–Crippen LogP) is 2.11. The molecule has 2 heterocycles. The van der Waals surface area contributed by atoms with Gasteiger partial charge in [0.2, 0.25) is 0 Å². The largest absolute Gasteiger partial charge is 0.312 e. The fourth-order valence-electron chi connectivity index (χ4n) is 2.58. The molecular weight excluding hydrogens is 304 g/mol. The lowest BCUT2D eigenvalue weighted by Crippen LogP contribution is -2.31. The van der Waals surface area contributed by atoms with E-state index in [4.69, 9.17) is 0 Å². The molecule has 1 saturated heterocycles. The maximum absolute atomic E-state index is 11.5. The second-order valence-corrected chi connectivity index (χ2v) is 9.85. The molecule has 0 spiro atoms. The standard InChI is InChI=1S/C15H26N2O2S2/c1-12(2)8-16-9-14-4-5-15(20-14)10-17(3)13-6-7-21(18,19)11-13/h4-5,12-13,16H,6-11H2,1-3H3. The fourth-order valence-corrected chi connectivity index (χ4v) is 5.44. The molecule has 1 aromatic rings. The topological polar surface area (TPSA) is 49.4 Å². The summed E-state index contributed by atoms with van der Waals surface area (Å²) in [5.74, 6) is 1.33. The second-order valence-electron chi connectivity index (χ2n) is 6.36. The van der Waals surface area contributed by atoms with Crippen molar-refractivity contribution in [3.05, 3.63) is 21.9 Å². The summed E-state index contributed by atoms with van der Waals surface area (Å²) in [5, 5.41) is 3.45. The molecule has 0 saturated carbocycles. The van der Waals surface area contributed by atoms with Crippen molar-refractivity contribution >= 4 is 21.2 Å². The molecule has 2 rings (SSSR count). The van der Waals surface area contributed by atoms with Crippen molar-refractivity contribution in [1.29, 1.82) is 0 Å². The summed E-state index contributed by atoms with van der Waals surface area (Å²) < 4.78 is 23.1. The van der Waals surface area contributed by atoms with Crippen LogP contribution in [0.3, 0.4) is 0 Å². The van der Waals surface area contributed by atoms with Crippen molar-refractivity contribution in [2.45, 2.75) is 39.4 Å². The highest BCUT2D eigenvalue weighted by Gasteiger charge is 2.30. The van der Waals surface area contributed by atoms with Gasteiger partial charge in [-0.05, 0) is 38.1 Å². The lowest BCUT2D eigenvalue weighted by atomic mass is 10.2. The average molecular weight is 331 g/mol. The van der Waals surface area contributed by atoms with Crippen LogP contribution in [0.25, 0.3) is 0 Å². The van der Waals surface area contributed by atoms with Crippen LogP contribution in [-0.4, -0.2) is 44.5 Å². The van der Waals surface area contributed by atoms with E-state index >= 15 is 0 Å². The fraction of sp³-hybridized carbons (Fsp3) is 0.733. The molecule has 0 bridgehead atoms. The third kappa shape index (κ3) is 5.36. The molecule has 1 aliphatic heterocycles. The molecule has 0 radical (unpaired) electrons. The first-order chi connectivity index (χ1) is 9.85. The summed E-state index contributed by atoms with van der Waals surface area (Å²) in [6, 6.07) is 4.52. The average Bonchev–Trinajstić information content (AvgIpc) is 2.95. The van der Waals surface area contributed by atoms with Crippen molar-refractivity contribution < 1.29 is 8.42 Å². The molecule has 0 amide bonds. The Labute approximate surface area is 132 Å². The molecule has 0 aliphatic carbocycles. The zero-order valence-electron chi connectivity index (χ0n) is 13.1. The van der Waals surface area contributed by atoms with E-state index in [9.17, 15) is 8.42 Å². The number of nitrogens with zero attached hydrogens (tertiary/aromatic N) is 1. The highest BCUT2D eigenvalue weighted by molar-refractivity contribution is 7.91. The number of nitrogens with one attached hydrogen (secondary N) is 1. The minimum Gasteiger partial charge on any atom is -0.312 e. The van der Waals surface area contributed by atoms with Gasteiger partial charge in [-0.15, -0.1) is 11.3 Å². The van der Waals surface area contributed by atoms with Crippen molar-refractivity contribution in [3.63, 3.8) is 0 Å². The third-order valence-corrected chi connectivity index (χ3v) is 6.63. The van der Waals surface area contributed by atoms with Crippen LogP contribution in [-0.2, 0) is 22.9 Å². The summed E-state index contributed by atoms with van der Waals surface area (Å²) in [7, 11) is -0.766. The predicted molar refractivity (Wildman–Crippen MR) is 89.4 cm³/mol. The van der Waals surface area contributed by atoms with E-state index in [1.165, 1.54) is 9.75 Å². The van der Waals surface area contributed by atoms with E-state index in [2.05, 4.69) is 36.2 Å². The van der Waals surface area contributed by atoms with E-state index in [1.807, 2.05) is 18.4 Å². The molecular formula is C15H26N2O2S2. The lowest BCUT2D eigenvalue weighted by Gasteiger charge is -2.22. The quantitative estimate of drug-likeness (QED) is 0.832. The Morgan fingerprint density at radius 2 is 2.10 bits per heavy atom. The van der Waals surface area contributed by atoms with Gasteiger partial charge in [0.1, 0.15) is 0 Å². The summed E-state index contributed by atoms with van der Waals surface area (Å²) >= 11 is 1.82. The highest BCUT2D eigenvalue weighted by atomic mass is 32.2. The number of sulfone groups is 1. The number of hydrogen-bond donors (Lipinski definition) is 1. The molecule has 1 unspecified atom stereocenters. The van der Waals surface area contributed by atoms with Gasteiger partial charge in [-0.25, -0.2) is 8.42 Å². The monoisotopic (exact) mass is 330 g/mol. The van der Waals surface area contributed by atoms with Gasteiger partial charge < -0.3 is 5.32 Å². The van der Waals surface area contributed by atoms with Crippen LogP contribution in [0, 0.1) is 5.92 Å². The first kappa shape index (κ1) is 16.9. The Morgan fingerprint density at radius 3 is 2.71 bits per heavy atom. The van der Waals surface area contributed by atoms with E-state index in [0.29, 0.717) is 17.4 Å². The molecule has 1 fully saturated rings. The summed E-state index contributed by atoms with van der Waals surface area (Å²) in [6.07, 6.45) is 0.771. The Hall–Kier alpha value is -0.430. The van der Waals surface area contributed by atoms with Crippen molar-refractivity contribution in [3.8, 4) is 0 Å².